The van der Waals surface area contributed by atoms with Gasteiger partial charge in [0.05, 0.1) is 11.1 Å². The summed E-state index contributed by atoms with van der Waals surface area (Å²) in [7, 11) is 0. The zero-order chi connectivity index (χ0) is 22.1. The highest BCUT2D eigenvalue weighted by molar-refractivity contribution is 5.95. The van der Waals surface area contributed by atoms with Gasteiger partial charge in [0.2, 0.25) is 0 Å². The molecule has 0 saturated carbocycles. The number of piperazine rings is 1. The van der Waals surface area contributed by atoms with Crippen LogP contribution in [0.1, 0.15) is 27.0 Å². The Morgan fingerprint density at radius 3 is 2.07 bits per heavy atom. The summed E-state index contributed by atoms with van der Waals surface area (Å²) >= 11 is 0. The average Bonchev–Trinajstić information content (AvgIpc) is 2.68. The minimum Gasteiger partial charge on any atom is -0.333 e. The van der Waals surface area contributed by atoms with Gasteiger partial charge in [-0.15, -0.1) is 0 Å². The molecular formula is C20H17F7N2O. The molecule has 1 aliphatic rings. The molecule has 1 N–H and O–H groups in total. The van der Waals surface area contributed by atoms with E-state index >= 15 is 0 Å². The van der Waals surface area contributed by atoms with E-state index in [2.05, 4.69) is 5.32 Å². The van der Waals surface area contributed by atoms with Gasteiger partial charge >= 0.3 is 12.4 Å². The van der Waals surface area contributed by atoms with Gasteiger partial charge in [-0.3, -0.25) is 4.79 Å². The first-order chi connectivity index (χ1) is 13.9. The summed E-state index contributed by atoms with van der Waals surface area (Å²) < 4.78 is 91.7. The summed E-state index contributed by atoms with van der Waals surface area (Å²) in [6, 6.07) is 5.85. The topological polar surface area (TPSA) is 32.3 Å². The highest BCUT2D eigenvalue weighted by atomic mass is 19.4. The van der Waals surface area contributed by atoms with Crippen LogP contribution in [-0.2, 0) is 18.8 Å². The SMILES string of the molecule is O=C(c1cc(C(F)(F)F)cc(C(F)(F)F)c1)N1CCNC[C@H]1Cc1ccc(F)cc1. The maximum Gasteiger partial charge on any atom is 0.416 e. The molecule has 1 amide bonds. The molecule has 3 rings (SSSR count). The van der Waals surface area contributed by atoms with Crippen molar-refractivity contribution in [1.29, 1.82) is 0 Å². The quantitative estimate of drug-likeness (QED) is 0.721. The Kier molecular flexibility index (Phi) is 6.07. The molecule has 2 aromatic rings. The molecule has 0 unspecified atom stereocenters. The Morgan fingerprint density at radius 1 is 0.967 bits per heavy atom. The first-order valence-electron chi connectivity index (χ1n) is 9.01. The van der Waals surface area contributed by atoms with Crippen molar-refractivity contribution in [3.63, 3.8) is 0 Å². The highest BCUT2D eigenvalue weighted by Crippen LogP contribution is 2.36. The number of hydrogen-bond acceptors (Lipinski definition) is 2. The molecule has 0 aliphatic carbocycles. The molecule has 3 nitrogen and oxygen atoms in total. The van der Waals surface area contributed by atoms with E-state index in [9.17, 15) is 35.5 Å². The van der Waals surface area contributed by atoms with Gasteiger partial charge in [0, 0.05) is 31.2 Å². The van der Waals surface area contributed by atoms with Crippen molar-refractivity contribution in [2.24, 2.45) is 0 Å². The largest absolute Gasteiger partial charge is 0.416 e. The lowest BCUT2D eigenvalue weighted by Gasteiger charge is -2.36. The zero-order valence-electron chi connectivity index (χ0n) is 15.4. The van der Waals surface area contributed by atoms with Crippen molar-refractivity contribution in [2.75, 3.05) is 19.6 Å². The van der Waals surface area contributed by atoms with Crippen LogP contribution < -0.4 is 5.32 Å². The van der Waals surface area contributed by atoms with Crippen molar-refractivity contribution in [3.05, 3.63) is 70.5 Å². The molecule has 1 aliphatic heterocycles. The van der Waals surface area contributed by atoms with Gasteiger partial charge in [0.25, 0.3) is 5.91 Å². The van der Waals surface area contributed by atoms with Gasteiger partial charge in [0.1, 0.15) is 5.82 Å². The molecule has 1 saturated heterocycles. The van der Waals surface area contributed by atoms with Gasteiger partial charge in [-0.2, -0.15) is 26.3 Å². The number of nitrogens with one attached hydrogen (secondary N) is 1. The molecule has 0 spiro atoms. The second-order valence-electron chi connectivity index (χ2n) is 6.98. The molecule has 162 valence electrons. The Morgan fingerprint density at radius 2 is 1.53 bits per heavy atom. The zero-order valence-corrected chi connectivity index (χ0v) is 15.4. The third-order valence-corrected chi connectivity index (χ3v) is 4.83. The Bertz CT molecular complexity index is 875. The van der Waals surface area contributed by atoms with E-state index in [1.54, 1.807) is 0 Å². The first kappa shape index (κ1) is 22.1. The van der Waals surface area contributed by atoms with Gasteiger partial charge in [-0.1, -0.05) is 12.1 Å². The minimum absolute atomic E-state index is 0.00939. The number of halogens is 7. The molecule has 1 atom stereocenters. The number of benzene rings is 2. The lowest BCUT2D eigenvalue weighted by Crippen LogP contribution is -2.54. The number of carbonyl (C=O) groups excluding carboxylic acids is 1. The smallest absolute Gasteiger partial charge is 0.333 e. The number of hydrogen-bond donors (Lipinski definition) is 1. The highest BCUT2D eigenvalue weighted by Gasteiger charge is 2.38. The summed E-state index contributed by atoms with van der Waals surface area (Å²) in [5.74, 6) is -1.36. The third kappa shape index (κ3) is 5.10. The molecular weight excluding hydrogens is 417 g/mol. The Balaban J connectivity index is 1.93. The van der Waals surface area contributed by atoms with Crippen LogP contribution in [0.4, 0.5) is 30.7 Å². The fourth-order valence-electron chi connectivity index (χ4n) is 3.35. The number of alkyl halides is 6. The van der Waals surface area contributed by atoms with Crippen LogP contribution in [0.2, 0.25) is 0 Å². The first-order valence-corrected chi connectivity index (χ1v) is 9.01. The maximum absolute atomic E-state index is 13.1. The normalized spacial score (nSPS) is 17.8. The molecule has 1 fully saturated rings. The molecule has 0 radical (unpaired) electrons. The molecule has 2 aromatic carbocycles. The molecule has 0 bridgehead atoms. The van der Waals surface area contributed by atoms with E-state index in [1.807, 2.05) is 0 Å². The maximum atomic E-state index is 13.1. The Labute approximate surface area is 167 Å². The molecule has 30 heavy (non-hydrogen) atoms. The van der Waals surface area contributed by atoms with Gasteiger partial charge < -0.3 is 10.2 Å². The summed E-state index contributed by atoms with van der Waals surface area (Å²) in [5, 5.41) is 3.05. The third-order valence-electron chi connectivity index (χ3n) is 4.83. The Hall–Kier alpha value is -2.62. The number of amides is 1. The number of rotatable bonds is 3. The van der Waals surface area contributed by atoms with Crippen LogP contribution in [0, 0.1) is 5.82 Å². The molecule has 10 heteroatoms. The fraction of sp³-hybridized carbons (Fsp3) is 0.350. The standard InChI is InChI=1S/C20H17F7N2O/c21-16-3-1-12(2-4-16)7-17-11-28-5-6-29(17)18(30)13-8-14(19(22,23)24)10-15(9-13)20(25,26)27/h1-4,8-10,17,28H,5-7,11H2/t17-/m1/s1. The predicted molar refractivity (Wildman–Crippen MR) is 94.2 cm³/mol. The van der Waals surface area contributed by atoms with Crippen molar-refractivity contribution in [3.8, 4) is 0 Å². The monoisotopic (exact) mass is 434 g/mol. The number of nitrogens with zero attached hydrogens (tertiary/aromatic N) is 1. The van der Waals surface area contributed by atoms with Crippen LogP contribution >= 0.6 is 0 Å². The van der Waals surface area contributed by atoms with Crippen molar-refractivity contribution in [1.82, 2.24) is 10.2 Å². The van der Waals surface area contributed by atoms with E-state index in [-0.39, 0.29) is 19.0 Å². The summed E-state index contributed by atoms with van der Waals surface area (Å²) in [5.41, 5.74) is -3.07. The fourth-order valence-corrected chi connectivity index (χ4v) is 3.35. The molecule has 0 aromatic heterocycles. The van der Waals surface area contributed by atoms with Gasteiger partial charge in [-0.05, 0) is 42.3 Å². The van der Waals surface area contributed by atoms with Crippen molar-refractivity contribution in [2.45, 2.75) is 24.8 Å². The lowest BCUT2D eigenvalue weighted by atomic mass is 9.99. The van der Waals surface area contributed by atoms with E-state index in [0.29, 0.717) is 30.8 Å². The minimum atomic E-state index is -5.03. The van der Waals surface area contributed by atoms with Crippen LogP contribution in [0.3, 0.4) is 0 Å². The van der Waals surface area contributed by atoms with E-state index in [0.717, 1.165) is 0 Å². The van der Waals surface area contributed by atoms with Gasteiger partial charge in [-0.25, -0.2) is 4.39 Å². The average molecular weight is 434 g/mol. The van der Waals surface area contributed by atoms with Gasteiger partial charge in [0.15, 0.2) is 0 Å². The van der Waals surface area contributed by atoms with E-state index in [1.165, 1.54) is 29.2 Å². The molecule has 1 heterocycles. The number of carbonyl (C=O) groups is 1. The van der Waals surface area contributed by atoms with Crippen LogP contribution in [-0.4, -0.2) is 36.5 Å². The summed E-state index contributed by atoms with van der Waals surface area (Å²) in [6.45, 7) is 0.757. The lowest BCUT2D eigenvalue weighted by molar-refractivity contribution is -0.143. The van der Waals surface area contributed by atoms with Crippen molar-refractivity contribution < 1.29 is 35.5 Å². The van der Waals surface area contributed by atoms with E-state index in [4.69, 9.17) is 0 Å². The summed E-state index contributed by atoms with van der Waals surface area (Å²) in [6.07, 6.45) is -9.80. The second-order valence-corrected chi connectivity index (χ2v) is 6.98. The van der Waals surface area contributed by atoms with Crippen LogP contribution in [0.5, 0.6) is 0 Å². The van der Waals surface area contributed by atoms with Crippen LogP contribution in [0.25, 0.3) is 0 Å². The van der Waals surface area contributed by atoms with E-state index < -0.39 is 46.8 Å². The summed E-state index contributed by atoms with van der Waals surface area (Å²) in [4.78, 5) is 14.2. The van der Waals surface area contributed by atoms with Crippen LogP contribution in [0.15, 0.2) is 42.5 Å². The van der Waals surface area contributed by atoms with Crippen molar-refractivity contribution >= 4 is 5.91 Å². The second kappa shape index (κ2) is 8.25. The predicted octanol–water partition coefficient (Wildman–Crippen LogP) is 4.52.